The van der Waals surface area contributed by atoms with Crippen molar-refractivity contribution in [3.8, 4) is 11.5 Å². The summed E-state index contributed by atoms with van der Waals surface area (Å²) in [6, 6.07) is 19.8. The number of fused-ring (bicyclic) bond motifs is 1. The fourth-order valence-electron chi connectivity index (χ4n) is 5.13. The van der Waals surface area contributed by atoms with Crippen molar-refractivity contribution < 1.29 is 24.2 Å². The van der Waals surface area contributed by atoms with Crippen LogP contribution < -0.4 is 14.4 Å². The average Bonchev–Trinajstić information content (AvgIpc) is 3.13. The Labute approximate surface area is 229 Å². The van der Waals surface area contributed by atoms with Crippen LogP contribution in [0.5, 0.6) is 11.5 Å². The Kier molecular flexibility index (Phi) is 6.85. The molecule has 1 unspecified atom stereocenters. The first-order valence-corrected chi connectivity index (χ1v) is 13.1. The van der Waals surface area contributed by atoms with Crippen LogP contribution in [-0.4, -0.2) is 47.5 Å². The maximum Gasteiger partial charge on any atom is 0.295 e. The third kappa shape index (κ3) is 5.21. The highest BCUT2D eigenvalue weighted by atomic mass is 16.5. The number of hydrogen-bond acceptors (Lipinski definition) is 6. The maximum atomic E-state index is 13.6. The van der Waals surface area contributed by atoms with Gasteiger partial charge in [-0.3, -0.25) is 9.59 Å². The molecular weight excluding hydrogens is 492 g/mol. The van der Waals surface area contributed by atoms with E-state index in [2.05, 4.69) is 0 Å². The number of nitrogens with zero attached hydrogens (tertiary/aromatic N) is 2. The normalized spacial score (nSPS) is 18.6. The summed E-state index contributed by atoms with van der Waals surface area (Å²) in [6.07, 6.45) is 0. The molecule has 1 N–H and O–H groups in total. The zero-order chi connectivity index (χ0) is 27.9. The summed E-state index contributed by atoms with van der Waals surface area (Å²) in [5.74, 6) is -0.218. The minimum Gasteiger partial charge on any atom is -0.507 e. The molecule has 1 amide bonds. The number of ether oxygens (including phenoxy) is 2. The molecule has 202 valence electrons. The number of aliphatic hydroxyl groups is 1. The summed E-state index contributed by atoms with van der Waals surface area (Å²) in [4.78, 5) is 30.7. The lowest BCUT2D eigenvalue weighted by atomic mass is 9.94. The Morgan fingerprint density at radius 2 is 1.82 bits per heavy atom. The van der Waals surface area contributed by atoms with Crippen LogP contribution >= 0.6 is 0 Å². The van der Waals surface area contributed by atoms with E-state index < -0.39 is 23.3 Å². The number of para-hydroxylation sites is 1. The van der Waals surface area contributed by atoms with Crippen LogP contribution in [0.25, 0.3) is 5.76 Å². The fourth-order valence-corrected chi connectivity index (χ4v) is 5.13. The molecule has 5 rings (SSSR count). The number of likely N-dealkylation sites (tertiary alicyclic amines) is 1. The van der Waals surface area contributed by atoms with E-state index in [1.54, 1.807) is 18.2 Å². The van der Waals surface area contributed by atoms with E-state index in [0.29, 0.717) is 30.2 Å². The number of anilines is 1. The third-order valence-electron chi connectivity index (χ3n) is 6.96. The molecule has 2 heterocycles. The van der Waals surface area contributed by atoms with E-state index in [4.69, 9.17) is 9.47 Å². The first-order valence-electron chi connectivity index (χ1n) is 13.1. The molecule has 0 saturated carbocycles. The average molecular weight is 527 g/mol. The Morgan fingerprint density at radius 1 is 1.05 bits per heavy atom. The Morgan fingerprint density at radius 3 is 2.56 bits per heavy atom. The minimum absolute atomic E-state index is 0.0687. The quantitative estimate of drug-likeness (QED) is 0.264. The molecule has 0 radical (unpaired) electrons. The molecule has 0 aliphatic carbocycles. The van der Waals surface area contributed by atoms with E-state index in [1.807, 2.05) is 88.2 Å². The maximum absolute atomic E-state index is 13.6. The molecule has 0 spiro atoms. The first-order chi connectivity index (χ1) is 18.5. The van der Waals surface area contributed by atoms with Crippen LogP contribution in [0.3, 0.4) is 0 Å². The van der Waals surface area contributed by atoms with Crippen LogP contribution in [-0.2, 0) is 16.1 Å². The second kappa shape index (κ2) is 10.1. The van der Waals surface area contributed by atoms with Gasteiger partial charge < -0.3 is 24.4 Å². The zero-order valence-corrected chi connectivity index (χ0v) is 23.0. The van der Waals surface area contributed by atoms with Gasteiger partial charge in [0, 0.05) is 18.2 Å². The minimum atomic E-state index is -0.766. The Hall–Kier alpha value is -4.26. The SMILES string of the molecule is Cc1cccc(C2/C(=C(/O)c3ccc4c(c3)N(C)CCO4)C(=O)C(=O)N2Cc2ccccc2OC(C)(C)C)c1. The smallest absolute Gasteiger partial charge is 0.295 e. The van der Waals surface area contributed by atoms with Gasteiger partial charge in [-0.25, -0.2) is 0 Å². The zero-order valence-electron chi connectivity index (χ0n) is 23.0. The molecule has 1 saturated heterocycles. The monoisotopic (exact) mass is 526 g/mol. The van der Waals surface area contributed by atoms with E-state index in [1.165, 1.54) is 4.90 Å². The summed E-state index contributed by atoms with van der Waals surface area (Å²) in [5.41, 5.74) is 3.42. The van der Waals surface area contributed by atoms with Gasteiger partial charge in [0.25, 0.3) is 11.7 Å². The van der Waals surface area contributed by atoms with Gasteiger partial charge in [-0.1, -0.05) is 48.0 Å². The molecule has 1 fully saturated rings. The molecule has 3 aromatic carbocycles. The van der Waals surface area contributed by atoms with Crippen molar-refractivity contribution >= 4 is 23.1 Å². The van der Waals surface area contributed by atoms with E-state index in [9.17, 15) is 14.7 Å². The van der Waals surface area contributed by atoms with Crippen molar-refractivity contribution in [2.75, 3.05) is 25.1 Å². The number of likely N-dealkylation sites (N-methyl/N-ethyl adjacent to an activating group) is 1. The molecule has 2 aliphatic rings. The number of benzene rings is 3. The number of Topliss-reactive ketones (excluding diaryl/α,β-unsaturated/α-hetero) is 1. The summed E-state index contributed by atoms with van der Waals surface area (Å²) < 4.78 is 11.9. The molecular formula is C32H34N2O5. The Bertz CT molecular complexity index is 1470. The highest BCUT2D eigenvalue weighted by molar-refractivity contribution is 6.46. The number of ketones is 1. The highest BCUT2D eigenvalue weighted by Gasteiger charge is 2.46. The summed E-state index contributed by atoms with van der Waals surface area (Å²) in [7, 11) is 1.95. The van der Waals surface area contributed by atoms with Crippen molar-refractivity contribution in [3.05, 3.63) is 94.6 Å². The lowest BCUT2D eigenvalue weighted by Gasteiger charge is -2.29. The second-order valence-corrected chi connectivity index (χ2v) is 11.1. The summed E-state index contributed by atoms with van der Waals surface area (Å²) in [6.45, 7) is 9.28. The Balaban J connectivity index is 1.63. The predicted molar refractivity (Wildman–Crippen MR) is 151 cm³/mol. The highest BCUT2D eigenvalue weighted by Crippen LogP contribution is 2.42. The molecule has 7 heteroatoms. The molecule has 0 aromatic heterocycles. The van der Waals surface area contributed by atoms with Crippen LogP contribution in [0, 0.1) is 6.92 Å². The van der Waals surface area contributed by atoms with Crippen molar-refractivity contribution in [1.29, 1.82) is 0 Å². The van der Waals surface area contributed by atoms with E-state index in [0.717, 1.165) is 22.4 Å². The molecule has 7 nitrogen and oxygen atoms in total. The fraction of sp³-hybridized carbons (Fsp3) is 0.312. The summed E-state index contributed by atoms with van der Waals surface area (Å²) in [5, 5.41) is 11.6. The molecule has 1 atom stereocenters. The molecule has 2 aliphatic heterocycles. The summed E-state index contributed by atoms with van der Waals surface area (Å²) >= 11 is 0. The van der Waals surface area contributed by atoms with Gasteiger partial charge in [-0.05, 0) is 57.5 Å². The van der Waals surface area contributed by atoms with Crippen LogP contribution in [0.15, 0.2) is 72.3 Å². The largest absolute Gasteiger partial charge is 0.507 e. The number of aliphatic hydroxyl groups excluding tert-OH is 1. The van der Waals surface area contributed by atoms with Gasteiger partial charge in [-0.15, -0.1) is 0 Å². The number of carbonyl (C=O) groups is 2. The van der Waals surface area contributed by atoms with Gasteiger partial charge in [0.1, 0.15) is 29.5 Å². The van der Waals surface area contributed by atoms with Gasteiger partial charge >= 0.3 is 0 Å². The number of hydrogen-bond donors (Lipinski definition) is 1. The standard InChI is InChI=1S/C32H34N2O5/c1-20-9-8-11-21(17-20)28-27(29(35)22-13-14-26-24(18-22)33(5)15-16-38-26)30(36)31(37)34(28)19-23-10-6-7-12-25(23)39-32(2,3)4/h6-14,17-18,28,35H,15-16,19H2,1-5H3/b29-27-. The molecule has 0 bridgehead atoms. The van der Waals surface area contributed by atoms with Crippen molar-refractivity contribution in [1.82, 2.24) is 4.90 Å². The lowest BCUT2D eigenvalue weighted by molar-refractivity contribution is -0.140. The molecule has 39 heavy (non-hydrogen) atoms. The van der Waals surface area contributed by atoms with E-state index in [-0.39, 0.29) is 17.9 Å². The first kappa shape index (κ1) is 26.4. The number of amides is 1. The number of rotatable bonds is 5. The van der Waals surface area contributed by atoms with Gasteiger partial charge in [0.2, 0.25) is 0 Å². The van der Waals surface area contributed by atoms with Gasteiger partial charge in [-0.2, -0.15) is 0 Å². The van der Waals surface area contributed by atoms with E-state index >= 15 is 0 Å². The topological polar surface area (TPSA) is 79.3 Å². The predicted octanol–water partition coefficient (Wildman–Crippen LogP) is 5.62. The van der Waals surface area contributed by atoms with Crippen LogP contribution in [0.4, 0.5) is 5.69 Å². The number of carbonyl (C=O) groups excluding carboxylic acids is 2. The van der Waals surface area contributed by atoms with Crippen molar-refractivity contribution in [3.63, 3.8) is 0 Å². The van der Waals surface area contributed by atoms with Gasteiger partial charge in [0.15, 0.2) is 0 Å². The molecule has 3 aromatic rings. The van der Waals surface area contributed by atoms with Gasteiger partial charge in [0.05, 0.1) is 30.4 Å². The third-order valence-corrected chi connectivity index (χ3v) is 6.96. The van der Waals surface area contributed by atoms with Crippen molar-refractivity contribution in [2.45, 2.75) is 45.9 Å². The lowest BCUT2D eigenvalue weighted by Crippen LogP contribution is -2.30. The van der Waals surface area contributed by atoms with Crippen LogP contribution in [0.2, 0.25) is 0 Å². The van der Waals surface area contributed by atoms with Crippen LogP contribution in [0.1, 0.15) is 49.1 Å². The second-order valence-electron chi connectivity index (χ2n) is 11.1. The van der Waals surface area contributed by atoms with Crippen molar-refractivity contribution in [2.24, 2.45) is 0 Å². The number of aryl methyl sites for hydroxylation is 1.